The largest absolute Gasteiger partial charge is 0.497 e. The third kappa shape index (κ3) is 4.04. The molecule has 174 valence electrons. The van der Waals surface area contributed by atoms with Crippen LogP contribution < -0.4 is 9.47 Å². The van der Waals surface area contributed by atoms with Crippen LogP contribution in [0.1, 0.15) is 16.1 Å². The van der Waals surface area contributed by atoms with Crippen molar-refractivity contribution >= 4 is 27.3 Å². The molecule has 6 rings (SSSR count). The zero-order chi connectivity index (χ0) is 23.9. The molecule has 35 heavy (non-hydrogen) atoms. The molecule has 0 fully saturated rings. The number of furan rings is 1. The molecule has 0 bridgehead atoms. The van der Waals surface area contributed by atoms with E-state index in [1.807, 2.05) is 49.5 Å². The van der Waals surface area contributed by atoms with Gasteiger partial charge in [0.25, 0.3) is 0 Å². The number of aromatic nitrogens is 3. The van der Waals surface area contributed by atoms with Crippen LogP contribution in [0.3, 0.4) is 0 Å². The van der Waals surface area contributed by atoms with Crippen molar-refractivity contribution in [2.75, 3.05) is 7.11 Å². The normalized spacial score (nSPS) is 11.4. The first-order valence-electron chi connectivity index (χ1n) is 11.3. The fraction of sp³-hybridized carbons (Fsp3) is 0.143. The molecule has 0 atom stereocenters. The van der Waals surface area contributed by atoms with Crippen molar-refractivity contribution in [3.8, 4) is 34.1 Å². The molecule has 6 aromatic rings. The molecule has 0 aliphatic heterocycles. The second-order valence-corrected chi connectivity index (χ2v) is 9.58. The van der Waals surface area contributed by atoms with Crippen LogP contribution in [0.4, 0.5) is 0 Å². The quantitative estimate of drug-likeness (QED) is 0.254. The third-order valence-electron chi connectivity index (χ3n) is 6.01. The van der Waals surface area contributed by atoms with E-state index in [9.17, 15) is 0 Å². The maximum absolute atomic E-state index is 6.33. The lowest BCUT2D eigenvalue weighted by atomic mass is 10.0. The van der Waals surface area contributed by atoms with Crippen LogP contribution in [0, 0.1) is 13.8 Å². The number of nitrogens with zero attached hydrogens (tertiary/aromatic N) is 3. The van der Waals surface area contributed by atoms with E-state index in [4.69, 9.17) is 13.9 Å². The minimum absolute atomic E-state index is 0.380. The number of ether oxygens (including phenoxy) is 2. The summed E-state index contributed by atoms with van der Waals surface area (Å²) in [6.07, 6.45) is 1.89. The molecule has 3 aromatic heterocycles. The highest BCUT2D eigenvalue weighted by Gasteiger charge is 2.16. The summed E-state index contributed by atoms with van der Waals surface area (Å²) in [5.41, 5.74) is 5.82. The Kier molecular flexibility index (Phi) is 5.26. The van der Waals surface area contributed by atoms with E-state index in [-0.39, 0.29) is 0 Å². The summed E-state index contributed by atoms with van der Waals surface area (Å²) in [5, 5.41) is 6.39. The zero-order valence-corrected chi connectivity index (χ0v) is 20.4. The summed E-state index contributed by atoms with van der Waals surface area (Å²) in [5.74, 6) is 2.25. The van der Waals surface area contributed by atoms with Crippen LogP contribution in [0.5, 0.6) is 11.5 Å². The molecule has 0 aliphatic rings. The van der Waals surface area contributed by atoms with E-state index in [0.717, 1.165) is 60.4 Å². The Hall–Kier alpha value is -4.10. The van der Waals surface area contributed by atoms with Crippen molar-refractivity contribution in [3.63, 3.8) is 0 Å². The van der Waals surface area contributed by atoms with E-state index in [2.05, 4.69) is 47.3 Å². The highest BCUT2D eigenvalue weighted by atomic mass is 32.1. The number of methoxy groups -OCH3 is 1. The molecular formula is C28H23N3O3S. The van der Waals surface area contributed by atoms with Crippen LogP contribution in [0.15, 0.2) is 77.3 Å². The minimum atomic E-state index is 0.380. The van der Waals surface area contributed by atoms with Crippen molar-refractivity contribution < 1.29 is 13.9 Å². The molecule has 0 radical (unpaired) electrons. The smallest absolute Gasteiger partial charge is 0.212 e. The van der Waals surface area contributed by atoms with Crippen molar-refractivity contribution in [1.82, 2.24) is 14.6 Å². The monoisotopic (exact) mass is 481 g/mol. The van der Waals surface area contributed by atoms with Crippen LogP contribution in [0.25, 0.3) is 38.5 Å². The van der Waals surface area contributed by atoms with Gasteiger partial charge in [-0.25, -0.2) is 9.50 Å². The van der Waals surface area contributed by atoms with Crippen LogP contribution >= 0.6 is 11.3 Å². The van der Waals surface area contributed by atoms with Gasteiger partial charge in [-0.15, -0.1) is 0 Å². The number of hydrogen-bond acceptors (Lipinski definition) is 6. The summed E-state index contributed by atoms with van der Waals surface area (Å²) >= 11 is 1.55. The molecule has 0 N–H and O–H groups in total. The fourth-order valence-corrected chi connectivity index (χ4v) is 4.91. The second kappa shape index (κ2) is 8.60. The van der Waals surface area contributed by atoms with Gasteiger partial charge in [-0.1, -0.05) is 53.8 Å². The first-order chi connectivity index (χ1) is 17.1. The van der Waals surface area contributed by atoms with Gasteiger partial charge in [0.1, 0.15) is 34.4 Å². The number of hydrogen-bond donors (Lipinski definition) is 0. The minimum Gasteiger partial charge on any atom is -0.497 e. The molecule has 6 nitrogen and oxygen atoms in total. The average Bonchev–Trinajstić information content (AvgIpc) is 3.56. The zero-order valence-electron chi connectivity index (χ0n) is 19.6. The van der Waals surface area contributed by atoms with Crippen LogP contribution in [-0.2, 0) is 6.61 Å². The lowest BCUT2D eigenvalue weighted by Gasteiger charge is -2.13. The van der Waals surface area contributed by atoms with Gasteiger partial charge < -0.3 is 13.9 Å². The van der Waals surface area contributed by atoms with Gasteiger partial charge in [0.05, 0.1) is 13.3 Å². The SMILES string of the molecule is COc1cc(COc2cc(-c3ccccc3)ccc2C)c2cc(-c3cn4nc(C)sc4n3)oc2c1. The lowest BCUT2D eigenvalue weighted by Crippen LogP contribution is -1.99. The van der Waals surface area contributed by atoms with Crippen molar-refractivity contribution in [2.24, 2.45) is 0 Å². The van der Waals surface area contributed by atoms with Crippen molar-refractivity contribution in [1.29, 1.82) is 0 Å². The number of imidazole rings is 1. The van der Waals surface area contributed by atoms with Gasteiger partial charge in [0, 0.05) is 17.0 Å². The topological polar surface area (TPSA) is 61.8 Å². The summed E-state index contributed by atoms with van der Waals surface area (Å²) in [6.45, 7) is 4.40. The van der Waals surface area contributed by atoms with Gasteiger partial charge in [-0.05, 0) is 48.7 Å². The predicted molar refractivity (Wildman–Crippen MR) is 138 cm³/mol. The number of aryl methyl sites for hydroxylation is 2. The first kappa shape index (κ1) is 21.4. The highest BCUT2D eigenvalue weighted by molar-refractivity contribution is 7.16. The molecule has 0 saturated carbocycles. The molecule has 0 unspecified atom stereocenters. The van der Waals surface area contributed by atoms with E-state index >= 15 is 0 Å². The Morgan fingerprint density at radius 1 is 0.971 bits per heavy atom. The van der Waals surface area contributed by atoms with Gasteiger partial charge in [0.2, 0.25) is 4.96 Å². The molecule has 0 saturated heterocycles. The summed E-state index contributed by atoms with van der Waals surface area (Å²) < 4.78 is 19.8. The molecular weight excluding hydrogens is 458 g/mol. The molecule has 0 aliphatic carbocycles. The van der Waals surface area contributed by atoms with E-state index in [1.165, 1.54) is 0 Å². The standard InChI is InChI=1S/C28H23N3O3S/c1-17-9-10-20(19-7-5-4-6-8-19)12-25(17)33-16-21-11-22(32-3)13-26-23(21)14-27(34-26)24-15-31-28(29-24)35-18(2)30-31/h4-15H,16H2,1-3H3. The Morgan fingerprint density at radius 3 is 2.63 bits per heavy atom. The molecule has 3 aromatic carbocycles. The second-order valence-electron chi connectivity index (χ2n) is 8.42. The van der Waals surface area contributed by atoms with E-state index < -0.39 is 0 Å². The number of benzene rings is 3. The summed E-state index contributed by atoms with van der Waals surface area (Å²) in [7, 11) is 1.65. The maximum Gasteiger partial charge on any atom is 0.212 e. The number of rotatable bonds is 6. The van der Waals surface area contributed by atoms with Crippen LogP contribution in [-0.4, -0.2) is 21.7 Å². The first-order valence-corrected chi connectivity index (χ1v) is 12.1. The Balaban J connectivity index is 1.34. The fourth-order valence-electron chi connectivity index (χ4n) is 4.19. The average molecular weight is 482 g/mol. The maximum atomic E-state index is 6.33. The van der Waals surface area contributed by atoms with Crippen molar-refractivity contribution in [3.05, 3.63) is 89.1 Å². The third-order valence-corrected chi connectivity index (χ3v) is 6.85. The Labute approximate surface area is 206 Å². The lowest BCUT2D eigenvalue weighted by molar-refractivity contribution is 0.304. The molecule has 3 heterocycles. The van der Waals surface area contributed by atoms with E-state index in [0.29, 0.717) is 12.4 Å². The highest BCUT2D eigenvalue weighted by Crippen LogP contribution is 2.34. The summed E-state index contributed by atoms with van der Waals surface area (Å²) in [6, 6.07) is 22.5. The number of fused-ring (bicyclic) bond motifs is 2. The Morgan fingerprint density at radius 2 is 1.83 bits per heavy atom. The van der Waals surface area contributed by atoms with Gasteiger partial charge in [-0.3, -0.25) is 0 Å². The van der Waals surface area contributed by atoms with Gasteiger partial charge >= 0.3 is 0 Å². The van der Waals surface area contributed by atoms with Gasteiger partial charge in [-0.2, -0.15) is 5.10 Å². The van der Waals surface area contributed by atoms with E-state index in [1.54, 1.807) is 23.0 Å². The molecule has 0 spiro atoms. The van der Waals surface area contributed by atoms with Gasteiger partial charge in [0.15, 0.2) is 5.76 Å². The summed E-state index contributed by atoms with van der Waals surface area (Å²) in [4.78, 5) is 5.52. The predicted octanol–water partition coefficient (Wildman–Crippen LogP) is 7.08. The Bertz CT molecular complexity index is 1630. The van der Waals surface area contributed by atoms with Crippen molar-refractivity contribution in [2.45, 2.75) is 20.5 Å². The van der Waals surface area contributed by atoms with Crippen LogP contribution in [0.2, 0.25) is 0 Å². The molecule has 0 amide bonds. The molecule has 7 heteroatoms.